The first-order valence-electron chi connectivity index (χ1n) is 5.87. The Morgan fingerprint density at radius 3 is 3.05 bits per heavy atom. The number of thiazole rings is 1. The lowest BCUT2D eigenvalue weighted by atomic mass is 10.3. The summed E-state index contributed by atoms with van der Waals surface area (Å²) < 4.78 is 5.30. The lowest BCUT2D eigenvalue weighted by Crippen LogP contribution is -2.05. The largest absolute Gasteiger partial charge is 0.496 e. The molecule has 0 spiro atoms. The zero-order chi connectivity index (χ0) is 14.5. The normalized spacial score (nSPS) is 10.3. The van der Waals surface area contributed by atoms with Crippen LogP contribution in [0.4, 0.5) is 10.8 Å². The Morgan fingerprint density at radius 1 is 1.55 bits per heavy atom. The summed E-state index contributed by atoms with van der Waals surface area (Å²) in [6.45, 7) is 1.47. The molecule has 0 unspecified atom stereocenters. The molecule has 0 saturated heterocycles. The van der Waals surface area contributed by atoms with Gasteiger partial charge < -0.3 is 15.8 Å². The number of nitrogen functional groups attached to an aromatic ring is 1. The topological polar surface area (TPSA) is 77.2 Å². The number of nitrogens with two attached hydrogens (primary N) is 1. The average Bonchev–Trinajstić information content (AvgIpc) is 2.84. The van der Waals surface area contributed by atoms with Gasteiger partial charge in [0, 0.05) is 34.7 Å². The summed E-state index contributed by atoms with van der Waals surface area (Å²) in [7, 11) is 1.62. The third kappa shape index (κ3) is 3.88. The Morgan fingerprint density at radius 2 is 2.35 bits per heavy atom. The molecule has 0 aliphatic carbocycles. The van der Waals surface area contributed by atoms with E-state index < -0.39 is 0 Å². The number of nitrogens with one attached hydrogen (secondary N) is 1. The van der Waals surface area contributed by atoms with Crippen molar-refractivity contribution in [1.82, 2.24) is 4.98 Å². The monoisotopic (exact) mass is 309 g/mol. The van der Waals surface area contributed by atoms with E-state index in [4.69, 9.17) is 10.5 Å². The number of carbonyl (C=O) groups is 1. The van der Waals surface area contributed by atoms with Crippen molar-refractivity contribution in [2.24, 2.45) is 0 Å². The molecule has 0 fully saturated rings. The van der Waals surface area contributed by atoms with Crippen molar-refractivity contribution in [3.8, 4) is 5.75 Å². The molecule has 7 heteroatoms. The van der Waals surface area contributed by atoms with Crippen molar-refractivity contribution >= 4 is 39.8 Å². The van der Waals surface area contributed by atoms with E-state index in [2.05, 4.69) is 10.3 Å². The summed E-state index contributed by atoms with van der Waals surface area (Å²) in [5.41, 5.74) is 7.31. The van der Waals surface area contributed by atoms with Crippen LogP contribution < -0.4 is 15.8 Å². The lowest BCUT2D eigenvalue weighted by Gasteiger charge is -2.07. The number of carbonyl (C=O) groups excluding carboxylic acids is 1. The first-order valence-corrected chi connectivity index (χ1v) is 7.73. The number of thioether (sulfide) groups is 1. The molecule has 1 heterocycles. The van der Waals surface area contributed by atoms with Crippen LogP contribution in [0.2, 0.25) is 0 Å². The van der Waals surface area contributed by atoms with Crippen LogP contribution in [-0.4, -0.2) is 18.0 Å². The number of nitrogens with zero attached hydrogens (tertiary/aromatic N) is 1. The molecule has 1 aromatic heterocycles. The molecule has 0 atom stereocenters. The predicted octanol–water partition coefficient (Wildman–Crippen LogP) is 2.98. The van der Waals surface area contributed by atoms with Gasteiger partial charge in [0.2, 0.25) is 5.91 Å². The van der Waals surface area contributed by atoms with Gasteiger partial charge in [-0.15, -0.1) is 23.1 Å². The third-order valence-electron chi connectivity index (χ3n) is 2.40. The maximum absolute atomic E-state index is 10.9. The first kappa shape index (κ1) is 14.7. The van der Waals surface area contributed by atoms with Crippen molar-refractivity contribution in [2.75, 3.05) is 18.2 Å². The van der Waals surface area contributed by atoms with Crippen molar-refractivity contribution in [3.63, 3.8) is 0 Å². The van der Waals surface area contributed by atoms with E-state index in [1.165, 1.54) is 18.3 Å². The van der Waals surface area contributed by atoms with Crippen LogP contribution in [-0.2, 0) is 10.5 Å². The molecule has 2 aromatic rings. The molecule has 2 rings (SSSR count). The van der Waals surface area contributed by atoms with Gasteiger partial charge in [0.15, 0.2) is 5.13 Å². The van der Waals surface area contributed by atoms with Crippen LogP contribution in [0.25, 0.3) is 0 Å². The summed E-state index contributed by atoms with van der Waals surface area (Å²) in [5, 5.41) is 5.23. The molecule has 1 aromatic carbocycles. The Labute approximate surface area is 125 Å². The standard InChI is InChI=1S/C13H15N3O2S2/c1-8(17)15-13-16-10(7-20-13)6-19-12-4-3-9(14)5-11(12)18-2/h3-5,7H,6,14H2,1-2H3,(H,15,16,17). The SMILES string of the molecule is COc1cc(N)ccc1SCc1csc(NC(C)=O)n1. The Bertz CT molecular complexity index is 613. The van der Waals surface area contributed by atoms with E-state index in [-0.39, 0.29) is 5.91 Å². The third-order valence-corrected chi connectivity index (χ3v) is 4.29. The fraction of sp³-hybridized carbons (Fsp3) is 0.231. The lowest BCUT2D eigenvalue weighted by molar-refractivity contribution is -0.114. The molecular weight excluding hydrogens is 294 g/mol. The molecule has 3 N–H and O–H groups in total. The maximum Gasteiger partial charge on any atom is 0.223 e. The minimum atomic E-state index is -0.112. The highest BCUT2D eigenvalue weighted by Gasteiger charge is 2.07. The maximum atomic E-state index is 10.9. The number of hydrogen-bond acceptors (Lipinski definition) is 6. The summed E-state index contributed by atoms with van der Waals surface area (Å²) >= 11 is 3.03. The minimum Gasteiger partial charge on any atom is -0.496 e. The van der Waals surface area contributed by atoms with Gasteiger partial charge in [0.1, 0.15) is 5.75 Å². The quantitative estimate of drug-likeness (QED) is 0.656. The smallest absolute Gasteiger partial charge is 0.223 e. The van der Waals surface area contributed by atoms with Crippen LogP contribution in [0.1, 0.15) is 12.6 Å². The number of hydrogen-bond donors (Lipinski definition) is 2. The van der Waals surface area contributed by atoms with E-state index in [1.54, 1.807) is 24.9 Å². The fourth-order valence-corrected chi connectivity index (χ4v) is 3.30. The number of aromatic nitrogens is 1. The number of anilines is 2. The molecule has 0 radical (unpaired) electrons. The molecule has 0 aliphatic rings. The summed E-state index contributed by atoms with van der Waals surface area (Å²) in [5.74, 6) is 1.35. The second kappa shape index (κ2) is 6.62. The van der Waals surface area contributed by atoms with E-state index >= 15 is 0 Å². The molecule has 1 amide bonds. The van der Waals surface area contributed by atoms with E-state index in [9.17, 15) is 4.79 Å². The van der Waals surface area contributed by atoms with Crippen LogP contribution in [0.15, 0.2) is 28.5 Å². The molecule has 0 aliphatic heterocycles. The first-order chi connectivity index (χ1) is 9.58. The van der Waals surface area contributed by atoms with Crippen molar-refractivity contribution in [1.29, 1.82) is 0 Å². The highest BCUT2D eigenvalue weighted by atomic mass is 32.2. The van der Waals surface area contributed by atoms with Gasteiger partial charge in [-0.05, 0) is 12.1 Å². The molecule has 106 valence electrons. The average molecular weight is 309 g/mol. The summed E-state index contributed by atoms with van der Waals surface area (Å²) in [6, 6.07) is 5.57. The van der Waals surface area contributed by atoms with Crippen LogP contribution in [0.3, 0.4) is 0 Å². The number of methoxy groups -OCH3 is 1. The van der Waals surface area contributed by atoms with Crippen LogP contribution in [0, 0.1) is 0 Å². The summed E-state index contributed by atoms with van der Waals surface area (Å²) in [6.07, 6.45) is 0. The van der Waals surface area contributed by atoms with Crippen molar-refractivity contribution < 1.29 is 9.53 Å². The number of amides is 1. The number of benzene rings is 1. The highest BCUT2D eigenvalue weighted by molar-refractivity contribution is 7.98. The zero-order valence-corrected chi connectivity index (χ0v) is 12.8. The number of rotatable bonds is 5. The second-order valence-electron chi connectivity index (χ2n) is 4.02. The van der Waals surface area contributed by atoms with Gasteiger partial charge in [-0.1, -0.05) is 0 Å². The van der Waals surface area contributed by atoms with Gasteiger partial charge in [-0.25, -0.2) is 4.98 Å². The molecule has 0 bridgehead atoms. The van der Waals surface area contributed by atoms with E-state index in [0.29, 0.717) is 16.6 Å². The van der Waals surface area contributed by atoms with Crippen molar-refractivity contribution in [2.45, 2.75) is 17.6 Å². The Hall–Kier alpha value is -1.73. The second-order valence-corrected chi connectivity index (χ2v) is 5.90. The molecule has 5 nitrogen and oxygen atoms in total. The predicted molar refractivity (Wildman–Crippen MR) is 83.4 cm³/mol. The van der Waals surface area contributed by atoms with E-state index in [1.807, 2.05) is 17.5 Å². The fourth-order valence-electron chi connectivity index (χ4n) is 1.54. The molecule has 20 heavy (non-hydrogen) atoms. The Kier molecular flexibility index (Phi) is 4.86. The van der Waals surface area contributed by atoms with Gasteiger partial charge in [0.05, 0.1) is 12.8 Å². The zero-order valence-electron chi connectivity index (χ0n) is 11.2. The van der Waals surface area contributed by atoms with Crippen LogP contribution in [0.5, 0.6) is 5.75 Å². The highest BCUT2D eigenvalue weighted by Crippen LogP contribution is 2.33. The summed E-state index contributed by atoms with van der Waals surface area (Å²) in [4.78, 5) is 16.3. The molecule has 0 saturated carbocycles. The van der Waals surface area contributed by atoms with Gasteiger partial charge in [-0.2, -0.15) is 0 Å². The number of ether oxygens (including phenoxy) is 1. The minimum absolute atomic E-state index is 0.112. The Balaban J connectivity index is 2.01. The van der Waals surface area contributed by atoms with Gasteiger partial charge >= 0.3 is 0 Å². The van der Waals surface area contributed by atoms with Crippen LogP contribution >= 0.6 is 23.1 Å². The van der Waals surface area contributed by atoms with E-state index in [0.717, 1.165) is 16.3 Å². The van der Waals surface area contributed by atoms with Gasteiger partial charge in [0.25, 0.3) is 0 Å². The van der Waals surface area contributed by atoms with Crippen molar-refractivity contribution in [3.05, 3.63) is 29.3 Å². The van der Waals surface area contributed by atoms with Gasteiger partial charge in [-0.3, -0.25) is 4.79 Å². The molecular formula is C13H15N3O2S2.